The Morgan fingerprint density at radius 2 is 1.73 bits per heavy atom. The second kappa shape index (κ2) is 8.53. The Morgan fingerprint density at radius 3 is 2.39 bits per heavy atom. The zero-order chi connectivity index (χ0) is 23.0. The Morgan fingerprint density at radius 1 is 0.909 bits per heavy atom. The summed E-state index contributed by atoms with van der Waals surface area (Å²) < 4.78 is 28.0. The molecule has 10 heteroatoms. The number of piperazine rings is 1. The number of carbonyl (C=O) groups is 1. The lowest BCUT2D eigenvalue weighted by Gasteiger charge is -2.34. The second-order valence-electron chi connectivity index (χ2n) is 8.09. The van der Waals surface area contributed by atoms with Crippen molar-refractivity contribution < 1.29 is 13.2 Å². The molecule has 33 heavy (non-hydrogen) atoms. The van der Waals surface area contributed by atoms with Crippen molar-refractivity contribution in [2.24, 2.45) is 0 Å². The van der Waals surface area contributed by atoms with E-state index >= 15 is 0 Å². The van der Waals surface area contributed by atoms with E-state index in [1.54, 1.807) is 29.3 Å². The molecule has 3 aromatic rings. The van der Waals surface area contributed by atoms with Crippen LogP contribution in [-0.4, -0.2) is 66.5 Å². The number of pyridine rings is 1. The van der Waals surface area contributed by atoms with E-state index in [4.69, 9.17) is 0 Å². The van der Waals surface area contributed by atoms with Crippen LogP contribution in [0, 0.1) is 0 Å². The van der Waals surface area contributed by atoms with Gasteiger partial charge in [0.15, 0.2) is 5.82 Å². The number of carbonyl (C=O) groups excluding carboxylic acids is 1. The molecule has 4 heterocycles. The minimum Gasteiger partial charge on any atom is -0.352 e. The average Bonchev–Trinajstić information content (AvgIpc) is 3.29. The average molecular weight is 465 g/mol. The van der Waals surface area contributed by atoms with E-state index in [1.807, 2.05) is 35.2 Å². The minimum absolute atomic E-state index is 0.0309. The predicted molar refractivity (Wildman–Crippen MR) is 124 cm³/mol. The van der Waals surface area contributed by atoms with Gasteiger partial charge in [0.25, 0.3) is 0 Å². The fourth-order valence-electron chi connectivity index (χ4n) is 4.32. The maximum absolute atomic E-state index is 13.2. The van der Waals surface area contributed by atoms with E-state index in [2.05, 4.69) is 15.2 Å². The molecular formula is C23H24N6O3S. The summed E-state index contributed by atoms with van der Waals surface area (Å²) in [5.41, 5.74) is 3.15. The minimum atomic E-state index is -3.61. The molecule has 0 N–H and O–H groups in total. The Balaban J connectivity index is 1.27. The van der Waals surface area contributed by atoms with E-state index in [1.165, 1.54) is 11.2 Å². The number of sulfonamides is 1. The van der Waals surface area contributed by atoms with Gasteiger partial charge in [-0.25, -0.2) is 8.42 Å². The van der Waals surface area contributed by atoms with E-state index in [-0.39, 0.29) is 10.8 Å². The van der Waals surface area contributed by atoms with Crippen LogP contribution in [0.15, 0.2) is 59.6 Å². The lowest BCUT2D eigenvalue weighted by molar-refractivity contribution is -0.116. The van der Waals surface area contributed by atoms with E-state index in [0.29, 0.717) is 50.7 Å². The molecule has 2 aliphatic heterocycles. The van der Waals surface area contributed by atoms with Gasteiger partial charge in [0.1, 0.15) is 5.69 Å². The van der Waals surface area contributed by atoms with Gasteiger partial charge in [-0.3, -0.25) is 9.78 Å². The highest BCUT2D eigenvalue weighted by Gasteiger charge is 2.31. The van der Waals surface area contributed by atoms with Gasteiger partial charge in [-0.1, -0.05) is 6.07 Å². The molecule has 0 atom stereocenters. The highest BCUT2D eigenvalue weighted by atomic mass is 32.2. The normalized spacial score (nSPS) is 16.6. The summed E-state index contributed by atoms with van der Waals surface area (Å²) in [6, 6.07) is 14.5. The first-order valence-corrected chi connectivity index (χ1v) is 12.3. The third-order valence-electron chi connectivity index (χ3n) is 6.10. The van der Waals surface area contributed by atoms with Crippen molar-refractivity contribution in [1.29, 1.82) is 0 Å². The van der Waals surface area contributed by atoms with Gasteiger partial charge in [-0.05, 0) is 54.4 Å². The number of nitrogens with zero attached hydrogens (tertiary/aromatic N) is 6. The Labute approximate surface area is 192 Å². The molecule has 2 aliphatic rings. The molecule has 0 spiro atoms. The molecule has 170 valence electrons. The van der Waals surface area contributed by atoms with Crippen molar-refractivity contribution in [2.75, 3.05) is 42.5 Å². The topological polar surface area (TPSA) is 99.6 Å². The van der Waals surface area contributed by atoms with Crippen molar-refractivity contribution in [3.63, 3.8) is 0 Å². The SMILES string of the molecule is CC(=O)N1CCc2cc(S(=O)(=O)N3CCN(c4ccc(-c5ccccn5)nn4)CC3)ccc21. The molecule has 9 nitrogen and oxygen atoms in total. The monoisotopic (exact) mass is 464 g/mol. The van der Waals surface area contributed by atoms with Gasteiger partial charge in [0, 0.05) is 51.5 Å². The van der Waals surface area contributed by atoms with Crippen LogP contribution in [0.5, 0.6) is 0 Å². The molecule has 0 unspecified atom stereocenters. The van der Waals surface area contributed by atoms with Gasteiger partial charge in [0.05, 0.1) is 10.6 Å². The Hall–Kier alpha value is -3.37. The van der Waals surface area contributed by atoms with Gasteiger partial charge >= 0.3 is 0 Å². The number of hydrogen-bond donors (Lipinski definition) is 0. The first-order chi connectivity index (χ1) is 15.9. The molecule has 5 rings (SSSR count). The molecule has 1 aromatic carbocycles. The lowest BCUT2D eigenvalue weighted by Crippen LogP contribution is -2.49. The van der Waals surface area contributed by atoms with Gasteiger partial charge in [-0.15, -0.1) is 10.2 Å². The van der Waals surface area contributed by atoms with Gasteiger partial charge in [-0.2, -0.15) is 4.31 Å². The van der Waals surface area contributed by atoms with Crippen LogP contribution in [-0.2, 0) is 21.2 Å². The third kappa shape index (κ3) is 4.07. The van der Waals surface area contributed by atoms with Crippen molar-refractivity contribution in [3.8, 4) is 11.4 Å². The number of benzene rings is 1. The fraction of sp³-hybridized carbons (Fsp3) is 0.304. The number of hydrogen-bond acceptors (Lipinski definition) is 7. The summed E-state index contributed by atoms with van der Waals surface area (Å²) in [4.78, 5) is 20.0. The van der Waals surface area contributed by atoms with Crippen LogP contribution < -0.4 is 9.80 Å². The molecule has 0 saturated carbocycles. The molecule has 1 saturated heterocycles. The highest BCUT2D eigenvalue weighted by Crippen LogP contribution is 2.31. The van der Waals surface area contributed by atoms with Crippen LogP contribution in [0.2, 0.25) is 0 Å². The smallest absolute Gasteiger partial charge is 0.243 e. The number of aromatic nitrogens is 3. The van der Waals surface area contributed by atoms with Crippen LogP contribution in [0.4, 0.5) is 11.5 Å². The molecule has 0 radical (unpaired) electrons. The molecule has 0 bridgehead atoms. The molecule has 2 aromatic heterocycles. The summed E-state index contributed by atoms with van der Waals surface area (Å²) in [5, 5.41) is 8.60. The third-order valence-corrected chi connectivity index (χ3v) is 8.00. The number of amides is 1. The molecule has 1 fully saturated rings. The maximum atomic E-state index is 13.2. The van der Waals surface area contributed by atoms with Crippen molar-refractivity contribution in [3.05, 3.63) is 60.3 Å². The number of fused-ring (bicyclic) bond motifs is 1. The van der Waals surface area contributed by atoms with Crippen molar-refractivity contribution >= 4 is 27.4 Å². The van der Waals surface area contributed by atoms with Crippen molar-refractivity contribution in [2.45, 2.75) is 18.2 Å². The summed E-state index contributed by atoms with van der Waals surface area (Å²) in [5.74, 6) is 0.685. The molecule has 0 aliphatic carbocycles. The predicted octanol–water partition coefficient (Wildman–Crippen LogP) is 1.96. The molecular weight excluding hydrogens is 440 g/mol. The zero-order valence-corrected chi connectivity index (χ0v) is 19.1. The largest absolute Gasteiger partial charge is 0.352 e. The van der Waals surface area contributed by atoms with Gasteiger partial charge < -0.3 is 9.80 Å². The highest BCUT2D eigenvalue weighted by molar-refractivity contribution is 7.89. The first-order valence-electron chi connectivity index (χ1n) is 10.8. The van der Waals surface area contributed by atoms with Crippen LogP contribution in [0.1, 0.15) is 12.5 Å². The van der Waals surface area contributed by atoms with Crippen molar-refractivity contribution in [1.82, 2.24) is 19.5 Å². The first kappa shape index (κ1) is 21.5. The molecule has 1 amide bonds. The summed E-state index contributed by atoms with van der Waals surface area (Å²) in [6.07, 6.45) is 2.38. The second-order valence-corrected chi connectivity index (χ2v) is 10.0. The summed E-state index contributed by atoms with van der Waals surface area (Å²) >= 11 is 0. The quantitative estimate of drug-likeness (QED) is 0.582. The number of rotatable bonds is 4. The van der Waals surface area contributed by atoms with Crippen LogP contribution in [0.3, 0.4) is 0 Å². The van der Waals surface area contributed by atoms with Crippen LogP contribution >= 0.6 is 0 Å². The van der Waals surface area contributed by atoms with E-state index in [9.17, 15) is 13.2 Å². The fourth-order valence-corrected chi connectivity index (χ4v) is 5.79. The van der Waals surface area contributed by atoms with E-state index in [0.717, 1.165) is 16.9 Å². The van der Waals surface area contributed by atoms with Gasteiger partial charge in [0.2, 0.25) is 15.9 Å². The Bertz CT molecular complexity index is 1270. The zero-order valence-electron chi connectivity index (χ0n) is 18.3. The maximum Gasteiger partial charge on any atom is 0.243 e. The van der Waals surface area contributed by atoms with Crippen LogP contribution in [0.25, 0.3) is 11.4 Å². The lowest BCUT2D eigenvalue weighted by atomic mass is 10.2. The van der Waals surface area contributed by atoms with E-state index < -0.39 is 10.0 Å². The standard InChI is InChI=1S/C23H24N6O3S/c1-17(30)29-11-9-18-16-19(5-7-22(18)29)33(31,32)28-14-12-27(13-15-28)23-8-6-21(25-26-23)20-4-2-3-10-24-20/h2-8,10,16H,9,11-15H2,1H3. The number of anilines is 2. The summed E-state index contributed by atoms with van der Waals surface area (Å²) in [6.45, 7) is 3.90. The summed E-state index contributed by atoms with van der Waals surface area (Å²) in [7, 11) is -3.61. The Kier molecular flexibility index (Phi) is 5.55.